The van der Waals surface area contributed by atoms with Gasteiger partial charge in [0.1, 0.15) is 0 Å². The van der Waals surface area contributed by atoms with E-state index in [2.05, 4.69) is 15.9 Å². The van der Waals surface area contributed by atoms with Crippen molar-refractivity contribution in [3.05, 3.63) is 33.3 Å². The molecule has 1 aromatic carbocycles. The molecule has 0 spiro atoms. The van der Waals surface area contributed by atoms with Crippen molar-refractivity contribution < 1.29 is 9.53 Å². The highest BCUT2D eigenvalue weighted by Gasteiger charge is 2.15. The molecule has 0 bridgehead atoms. The van der Waals surface area contributed by atoms with E-state index >= 15 is 0 Å². The lowest BCUT2D eigenvalue weighted by Gasteiger charge is -2.13. The predicted octanol–water partition coefficient (Wildman–Crippen LogP) is 3.06. The molecule has 16 heavy (non-hydrogen) atoms. The van der Waals surface area contributed by atoms with E-state index in [0.29, 0.717) is 11.6 Å². The normalized spacial score (nSPS) is 12.2. The van der Waals surface area contributed by atoms with Crippen LogP contribution in [0.2, 0.25) is 5.02 Å². The number of esters is 1. The molecule has 3 nitrogen and oxygen atoms in total. The summed E-state index contributed by atoms with van der Waals surface area (Å²) in [5.74, 6) is -0.311. The van der Waals surface area contributed by atoms with Gasteiger partial charge in [0.25, 0.3) is 0 Å². The molecule has 1 rings (SSSR count). The maximum absolute atomic E-state index is 11.3. The Balaban J connectivity index is 2.72. The number of benzene rings is 1. The fourth-order valence-electron chi connectivity index (χ4n) is 1.31. The molecule has 0 aliphatic rings. The Hall–Kier alpha value is -0.580. The zero-order valence-corrected chi connectivity index (χ0v) is 11.2. The van der Waals surface area contributed by atoms with Gasteiger partial charge in [-0.25, -0.2) is 0 Å². The third-order valence-electron chi connectivity index (χ3n) is 2.05. The first-order valence-electron chi connectivity index (χ1n) is 4.90. The molecule has 0 aliphatic heterocycles. The molecule has 5 heteroatoms. The fourth-order valence-corrected chi connectivity index (χ4v) is 2.13. The van der Waals surface area contributed by atoms with Crippen molar-refractivity contribution in [3.8, 4) is 0 Å². The topological polar surface area (TPSA) is 52.3 Å². The lowest BCUT2D eigenvalue weighted by atomic mass is 10.1. The van der Waals surface area contributed by atoms with Gasteiger partial charge >= 0.3 is 5.97 Å². The Morgan fingerprint density at radius 2 is 2.31 bits per heavy atom. The number of carbonyl (C=O) groups excluding carboxylic acids is 1. The second-order valence-corrected chi connectivity index (χ2v) is 4.60. The van der Waals surface area contributed by atoms with Gasteiger partial charge in [0, 0.05) is 15.5 Å². The highest BCUT2D eigenvalue weighted by molar-refractivity contribution is 9.10. The summed E-state index contributed by atoms with van der Waals surface area (Å²) in [6, 6.07) is 4.96. The molecule has 0 fully saturated rings. The molecule has 0 heterocycles. The molecule has 0 unspecified atom stereocenters. The molecule has 0 aliphatic carbocycles. The molecule has 0 radical (unpaired) electrons. The quantitative estimate of drug-likeness (QED) is 0.870. The molecule has 0 saturated heterocycles. The zero-order chi connectivity index (χ0) is 12.1. The van der Waals surface area contributed by atoms with E-state index < -0.39 is 6.04 Å². The van der Waals surface area contributed by atoms with Crippen molar-refractivity contribution in [2.24, 2.45) is 5.73 Å². The van der Waals surface area contributed by atoms with Crippen molar-refractivity contribution in [2.75, 3.05) is 6.61 Å². The number of hydrogen-bond acceptors (Lipinski definition) is 3. The molecule has 1 aromatic rings. The first kappa shape index (κ1) is 13.5. The minimum absolute atomic E-state index is 0.134. The third-order valence-corrected chi connectivity index (χ3v) is 2.87. The molecule has 1 atom stereocenters. The first-order valence-corrected chi connectivity index (χ1v) is 6.07. The summed E-state index contributed by atoms with van der Waals surface area (Å²) in [6.45, 7) is 2.12. The van der Waals surface area contributed by atoms with E-state index in [4.69, 9.17) is 22.1 Å². The summed E-state index contributed by atoms with van der Waals surface area (Å²) in [4.78, 5) is 11.3. The summed E-state index contributed by atoms with van der Waals surface area (Å²) in [5.41, 5.74) is 6.62. The van der Waals surface area contributed by atoms with E-state index in [1.165, 1.54) is 0 Å². The van der Waals surface area contributed by atoms with Crippen LogP contribution in [0.5, 0.6) is 0 Å². The summed E-state index contributed by atoms with van der Waals surface area (Å²) in [5, 5.41) is 0.547. The second-order valence-electron chi connectivity index (χ2n) is 3.28. The molecular formula is C11H13BrClNO2. The molecule has 0 aromatic heterocycles. The SMILES string of the molecule is CCOC(=O)C[C@@H](N)c1ccc(Br)cc1Cl. The maximum atomic E-state index is 11.3. The molecule has 88 valence electrons. The average molecular weight is 307 g/mol. The summed E-state index contributed by atoms with van der Waals surface area (Å²) >= 11 is 9.33. The lowest BCUT2D eigenvalue weighted by Crippen LogP contribution is -2.17. The Morgan fingerprint density at radius 3 is 2.88 bits per heavy atom. The number of halogens is 2. The van der Waals surface area contributed by atoms with Gasteiger partial charge in [0.05, 0.1) is 13.0 Å². The van der Waals surface area contributed by atoms with E-state index in [0.717, 1.165) is 10.0 Å². The highest BCUT2D eigenvalue weighted by atomic mass is 79.9. The lowest BCUT2D eigenvalue weighted by molar-refractivity contribution is -0.143. The van der Waals surface area contributed by atoms with Gasteiger partial charge < -0.3 is 10.5 Å². The number of rotatable bonds is 4. The van der Waals surface area contributed by atoms with Crippen LogP contribution in [0.25, 0.3) is 0 Å². The monoisotopic (exact) mass is 305 g/mol. The summed E-state index contributed by atoms with van der Waals surface area (Å²) < 4.78 is 5.71. The smallest absolute Gasteiger partial charge is 0.307 e. The summed E-state index contributed by atoms with van der Waals surface area (Å²) in [6.07, 6.45) is 0.134. The Labute approximate surface area is 108 Å². The van der Waals surface area contributed by atoms with Gasteiger partial charge in [-0.2, -0.15) is 0 Å². The number of ether oxygens (including phenoxy) is 1. The van der Waals surface area contributed by atoms with Crippen molar-refractivity contribution >= 4 is 33.5 Å². The maximum Gasteiger partial charge on any atom is 0.307 e. The van der Waals surface area contributed by atoms with Gasteiger partial charge in [-0.05, 0) is 24.6 Å². The predicted molar refractivity (Wildman–Crippen MR) is 67.3 cm³/mol. The van der Waals surface area contributed by atoms with Crippen LogP contribution in [0.4, 0.5) is 0 Å². The van der Waals surface area contributed by atoms with Gasteiger partial charge in [-0.1, -0.05) is 33.6 Å². The van der Waals surface area contributed by atoms with Crippen molar-refractivity contribution in [2.45, 2.75) is 19.4 Å². The average Bonchev–Trinajstić information content (AvgIpc) is 2.17. The Bertz CT molecular complexity index is 384. The van der Waals surface area contributed by atoms with Crippen molar-refractivity contribution in [3.63, 3.8) is 0 Å². The van der Waals surface area contributed by atoms with E-state index in [1.54, 1.807) is 19.1 Å². The van der Waals surface area contributed by atoms with Crippen LogP contribution in [0.15, 0.2) is 22.7 Å². The van der Waals surface area contributed by atoms with Crippen molar-refractivity contribution in [1.82, 2.24) is 0 Å². The number of nitrogens with two attached hydrogens (primary N) is 1. The van der Waals surface area contributed by atoms with Gasteiger partial charge in [-0.3, -0.25) is 4.79 Å². The molecule has 2 N–H and O–H groups in total. The van der Waals surface area contributed by atoms with Crippen LogP contribution in [-0.2, 0) is 9.53 Å². The molecular weight excluding hydrogens is 293 g/mol. The standard InChI is InChI=1S/C11H13BrClNO2/c1-2-16-11(15)6-10(14)8-4-3-7(12)5-9(8)13/h3-5,10H,2,6,14H2,1H3/t10-/m1/s1. The van der Waals surface area contributed by atoms with Crippen LogP contribution in [-0.4, -0.2) is 12.6 Å². The fraction of sp³-hybridized carbons (Fsp3) is 0.364. The highest BCUT2D eigenvalue weighted by Crippen LogP contribution is 2.27. The van der Waals surface area contributed by atoms with Gasteiger partial charge in [0.2, 0.25) is 0 Å². The van der Waals surface area contributed by atoms with Crippen LogP contribution < -0.4 is 5.73 Å². The Morgan fingerprint density at radius 1 is 1.62 bits per heavy atom. The second kappa shape index (κ2) is 6.23. The molecule has 0 amide bonds. The third kappa shape index (κ3) is 3.77. The van der Waals surface area contributed by atoms with Crippen LogP contribution in [0.3, 0.4) is 0 Å². The minimum Gasteiger partial charge on any atom is -0.466 e. The van der Waals surface area contributed by atoms with Crippen LogP contribution in [0.1, 0.15) is 24.9 Å². The minimum atomic E-state index is -0.431. The first-order chi connectivity index (χ1) is 7.54. The number of hydrogen-bond donors (Lipinski definition) is 1. The van der Waals surface area contributed by atoms with Gasteiger partial charge in [-0.15, -0.1) is 0 Å². The van der Waals surface area contributed by atoms with Crippen LogP contribution >= 0.6 is 27.5 Å². The van der Waals surface area contributed by atoms with E-state index in [9.17, 15) is 4.79 Å². The summed E-state index contributed by atoms with van der Waals surface area (Å²) in [7, 11) is 0. The zero-order valence-electron chi connectivity index (χ0n) is 8.87. The number of carbonyl (C=O) groups is 1. The molecule has 0 saturated carbocycles. The van der Waals surface area contributed by atoms with Gasteiger partial charge in [0.15, 0.2) is 0 Å². The van der Waals surface area contributed by atoms with E-state index in [1.807, 2.05) is 6.07 Å². The van der Waals surface area contributed by atoms with Crippen LogP contribution in [0, 0.1) is 0 Å². The van der Waals surface area contributed by atoms with E-state index in [-0.39, 0.29) is 12.4 Å². The Kier molecular flexibility index (Phi) is 5.25. The largest absolute Gasteiger partial charge is 0.466 e. The van der Waals surface area contributed by atoms with Crippen molar-refractivity contribution in [1.29, 1.82) is 0 Å².